The summed E-state index contributed by atoms with van der Waals surface area (Å²) in [6.07, 6.45) is -2.37. The molecule has 1 heterocycles. The van der Waals surface area contributed by atoms with Gasteiger partial charge in [0.15, 0.2) is 11.5 Å². The normalized spacial score (nSPS) is 14.8. The predicted octanol–water partition coefficient (Wildman–Crippen LogP) is 3.84. The summed E-state index contributed by atoms with van der Waals surface area (Å²) >= 11 is 0. The standard InChI is InChI=1S/C22H27F3N2O4S/c1-30-20-12-16-8-11-27(15-17(16)13-21(20)31-2)10-4-3-9-26-32(28,29)19-7-5-6-18(14-19)22(23,24)25/h5-7,12-14,26H,3-4,8-11,15H2,1-2H3. The molecular weight excluding hydrogens is 445 g/mol. The van der Waals surface area contributed by atoms with Gasteiger partial charge in [0.2, 0.25) is 10.0 Å². The first-order chi connectivity index (χ1) is 15.1. The molecule has 0 radical (unpaired) electrons. The van der Waals surface area contributed by atoms with Crippen molar-refractivity contribution < 1.29 is 31.1 Å². The van der Waals surface area contributed by atoms with Crippen molar-refractivity contribution in [2.45, 2.75) is 36.9 Å². The highest BCUT2D eigenvalue weighted by atomic mass is 32.2. The van der Waals surface area contributed by atoms with Crippen LogP contribution in [0.5, 0.6) is 11.5 Å². The molecule has 1 N–H and O–H groups in total. The highest BCUT2D eigenvalue weighted by Gasteiger charge is 2.31. The highest BCUT2D eigenvalue weighted by molar-refractivity contribution is 7.89. The Hall–Kier alpha value is -2.30. The van der Waals surface area contributed by atoms with E-state index < -0.39 is 21.8 Å². The minimum absolute atomic E-state index is 0.161. The average Bonchev–Trinajstić information content (AvgIpc) is 2.77. The molecule has 6 nitrogen and oxygen atoms in total. The molecule has 0 spiro atoms. The summed E-state index contributed by atoms with van der Waals surface area (Å²) in [5.41, 5.74) is 1.42. The number of nitrogens with one attached hydrogen (secondary N) is 1. The second kappa shape index (κ2) is 10.1. The van der Waals surface area contributed by atoms with Crippen LogP contribution in [0.1, 0.15) is 29.5 Å². The Balaban J connectivity index is 1.48. The number of fused-ring (bicyclic) bond motifs is 1. The number of methoxy groups -OCH3 is 2. The monoisotopic (exact) mass is 472 g/mol. The summed E-state index contributed by atoms with van der Waals surface area (Å²) in [5.74, 6) is 1.41. The lowest BCUT2D eigenvalue weighted by Gasteiger charge is -2.29. The van der Waals surface area contributed by atoms with Crippen LogP contribution >= 0.6 is 0 Å². The Kier molecular flexibility index (Phi) is 7.68. The molecule has 0 unspecified atom stereocenters. The van der Waals surface area contributed by atoms with Crippen molar-refractivity contribution in [2.24, 2.45) is 0 Å². The number of sulfonamides is 1. The number of rotatable bonds is 9. The van der Waals surface area contributed by atoms with Gasteiger partial charge >= 0.3 is 6.18 Å². The van der Waals surface area contributed by atoms with Crippen LogP contribution in [-0.4, -0.2) is 47.2 Å². The molecule has 1 aliphatic rings. The molecule has 3 rings (SSSR count). The number of benzene rings is 2. The van der Waals surface area contributed by atoms with Gasteiger partial charge in [0, 0.05) is 19.6 Å². The zero-order chi connectivity index (χ0) is 23.4. The molecule has 0 aliphatic carbocycles. The molecule has 0 aromatic heterocycles. The van der Waals surface area contributed by atoms with Crippen LogP contribution in [0.15, 0.2) is 41.3 Å². The van der Waals surface area contributed by atoms with Gasteiger partial charge in [-0.1, -0.05) is 6.07 Å². The van der Waals surface area contributed by atoms with E-state index in [-0.39, 0.29) is 11.4 Å². The molecule has 0 saturated carbocycles. The Morgan fingerprint density at radius 2 is 1.72 bits per heavy atom. The molecule has 0 saturated heterocycles. The first-order valence-corrected chi connectivity index (χ1v) is 11.8. The molecule has 2 aromatic rings. The molecular formula is C22H27F3N2O4S. The quantitative estimate of drug-likeness (QED) is 0.562. The van der Waals surface area contributed by atoms with E-state index >= 15 is 0 Å². The summed E-state index contributed by atoms with van der Waals surface area (Å²) in [7, 11) is -0.778. The minimum atomic E-state index is -4.59. The highest BCUT2D eigenvalue weighted by Crippen LogP contribution is 2.33. The molecule has 176 valence electrons. The van der Waals surface area contributed by atoms with E-state index in [1.54, 1.807) is 14.2 Å². The average molecular weight is 473 g/mol. The zero-order valence-electron chi connectivity index (χ0n) is 18.0. The Labute approximate surface area is 186 Å². The van der Waals surface area contributed by atoms with E-state index in [1.807, 2.05) is 12.1 Å². The van der Waals surface area contributed by atoms with Crippen LogP contribution in [0.3, 0.4) is 0 Å². The minimum Gasteiger partial charge on any atom is -0.493 e. The van der Waals surface area contributed by atoms with Crippen molar-refractivity contribution in [3.8, 4) is 11.5 Å². The van der Waals surface area contributed by atoms with Crippen molar-refractivity contribution in [1.29, 1.82) is 0 Å². The van der Waals surface area contributed by atoms with Gasteiger partial charge in [0.1, 0.15) is 0 Å². The Bertz CT molecular complexity index is 1040. The van der Waals surface area contributed by atoms with Crippen LogP contribution in [0.25, 0.3) is 0 Å². The van der Waals surface area contributed by atoms with Crippen molar-refractivity contribution in [2.75, 3.05) is 33.9 Å². The number of hydrogen-bond acceptors (Lipinski definition) is 5. The van der Waals surface area contributed by atoms with Crippen LogP contribution < -0.4 is 14.2 Å². The van der Waals surface area contributed by atoms with Crippen LogP contribution in [0.4, 0.5) is 13.2 Å². The fourth-order valence-electron chi connectivity index (χ4n) is 3.72. The molecule has 2 aromatic carbocycles. The largest absolute Gasteiger partial charge is 0.493 e. The van der Waals surface area contributed by atoms with Gasteiger partial charge in [0.25, 0.3) is 0 Å². The molecule has 10 heteroatoms. The van der Waals surface area contributed by atoms with Gasteiger partial charge < -0.3 is 9.47 Å². The summed E-state index contributed by atoms with van der Waals surface area (Å²) in [6, 6.07) is 7.75. The van der Waals surface area contributed by atoms with Gasteiger partial charge in [-0.2, -0.15) is 13.2 Å². The Morgan fingerprint density at radius 1 is 1.03 bits per heavy atom. The molecule has 0 amide bonds. The summed E-state index contributed by atoms with van der Waals surface area (Å²) in [5, 5.41) is 0. The summed E-state index contributed by atoms with van der Waals surface area (Å²) in [4.78, 5) is 1.90. The maximum atomic E-state index is 12.8. The molecule has 32 heavy (non-hydrogen) atoms. The molecule has 0 fully saturated rings. The number of halogens is 3. The Morgan fingerprint density at radius 3 is 2.38 bits per heavy atom. The van der Waals surface area contributed by atoms with E-state index in [9.17, 15) is 21.6 Å². The van der Waals surface area contributed by atoms with Gasteiger partial charge in [0.05, 0.1) is 24.7 Å². The second-order valence-electron chi connectivity index (χ2n) is 7.63. The van der Waals surface area contributed by atoms with E-state index in [0.717, 1.165) is 50.7 Å². The third-order valence-electron chi connectivity index (χ3n) is 5.46. The number of hydrogen-bond donors (Lipinski definition) is 1. The fourth-order valence-corrected chi connectivity index (χ4v) is 4.84. The van der Waals surface area contributed by atoms with E-state index in [4.69, 9.17) is 9.47 Å². The maximum absolute atomic E-state index is 12.8. The lowest BCUT2D eigenvalue weighted by Crippen LogP contribution is -2.32. The maximum Gasteiger partial charge on any atom is 0.416 e. The van der Waals surface area contributed by atoms with Crippen LogP contribution in [-0.2, 0) is 29.2 Å². The summed E-state index contributed by atoms with van der Waals surface area (Å²) < 4.78 is 76.2. The predicted molar refractivity (Wildman–Crippen MR) is 114 cm³/mol. The molecule has 1 aliphatic heterocycles. The molecule has 0 bridgehead atoms. The van der Waals surface area contributed by atoms with Crippen LogP contribution in [0.2, 0.25) is 0 Å². The van der Waals surface area contributed by atoms with Gasteiger partial charge in [-0.05, 0) is 67.3 Å². The number of nitrogens with zero attached hydrogens (tertiary/aromatic N) is 1. The van der Waals surface area contributed by atoms with Crippen molar-refractivity contribution >= 4 is 10.0 Å². The van der Waals surface area contributed by atoms with E-state index in [2.05, 4.69) is 9.62 Å². The van der Waals surface area contributed by atoms with Crippen molar-refractivity contribution in [3.05, 3.63) is 53.1 Å². The SMILES string of the molecule is COc1cc2c(cc1OC)CN(CCCCNS(=O)(=O)c1cccc(C(F)(F)F)c1)CC2. The lowest BCUT2D eigenvalue weighted by molar-refractivity contribution is -0.137. The van der Waals surface area contributed by atoms with Crippen molar-refractivity contribution in [3.63, 3.8) is 0 Å². The third-order valence-corrected chi connectivity index (χ3v) is 6.92. The van der Waals surface area contributed by atoms with Crippen LogP contribution in [0, 0.1) is 0 Å². The molecule has 0 atom stereocenters. The third kappa shape index (κ3) is 5.93. The zero-order valence-corrected chi connectivity index (χ0v) is 18.9. The van der Waals surface area contributed by atoms with E-state index in [0.29, 0.717) is 24.0 Å². The first-order valence-electron chi connectivity index (χ1n) is 10.3. The number of alkyl halides is 3. The van der Waals surface area contributed by atoms with Gasteiger partial charge in [-0.15, -0.1) is 0 Å². The fraction of sp³-hybridized carbons (Fsp3) is 0.455. The van der Waals surface area contributed by atoms with Gasteiger partial charge in [-0.25, -0.2) is 13.1 Å². The summed E-state index contributed by atoms with van der Waals surface area (Å²) in [6.45, 7) is 2.61. The second-order valence-corrected chi connectivity index (χ2v) is 9.40. The first kappa shape index (κ1) is 24.3. The number of unbranched alkanes of at least 4 members (excludes halogenated alkanes) is 1. The number of ether oxygens (including phenoxy) is 2. The lowest BCUT2D eigenvalue weighted by atomic mass is 9.98. The van der Waals surface area contributed by atoms with E-state index in [1.165, 1.54) is 11.1 Å². The van der Waals surface area contributed by atoms with Gasteiger partial charge in [-0.3, -0.25) is 4.90 Å². The van der Waals surface area contributed by atoms with Crippen molar-refractivity contribution in [1.82, 2.24) is 9.62 Å². The topological polar surface area (TPSA) is 67.9 Å². The smallest absolute Gasteiger partial charge is 0.416 e.